The van der Waals surface area contributed by atoms with Gasteiger partial charge in [-0.1, -0.05) is 30.3 Å². The number of rotatable bonds is 5. The molecule has 6 nitrogen and oxygen atoms in total. The van der Waals surface area contributed by atoms with Crippen molar-refractivity contribution in [2.75, 3.05) is 0 Å². The maximum absolute atomic E-state index is 11.5. The Morgan fingerprint density at radius 1 is 1.37 bits per heavy atom. The normalized spacial score (nSPS) is 16.2. The molecule has 0 aliphatic heterocycles. The van der Waals surface area contributed by atoms with E-state index in [4.69, 9.17) is 0 Å². The molecule has 6 heteroatoms. The number of benzene rings is 1. The Balaban J connectivity index is 1.88. The highest BCUT2D eigenvalue weighted by Gasteiger charge is 2.33. The molecule has 1 aromatic carbocycles. The van der Waals surface area contributed by atoms with E-state index in [0.717, 1.165) is 18.4 Å². The van der Waals surface area contributed by atoms with Crippen molar-refractivity contribution in [2.24, 2.45) is 0 Å². The number of nitrogens with zero attached hydrogens (tertiary/aromatic N) is 4. The van der Waals surface area contributed by atoms with Gasteiger partial charge in [0.15, 0.2) is 11.9 Å². The SMILES string of the molecule is O=C(O)C(Cc1ccccc1)n1nnnc1C1CC1. The molecule has 1 saturated carbocycles. The van der Waals surface area contributed by atoms with Gasteiger partial charge in [0.1, 0.15) is 0 Å². The standard InChI is InChI=1S/C13H14N4O2/c18-13(19)11(8-9-4-2-1-3-5-9)17-12(10-6-7-10)14-15-16-17/h1-5,10-11H,6-8H2,(H,18,19). The van der Waals surface area contributed by atoms with E-state index in [1.807, 2.05) is 30.3 Å². The Bertz CT molecular complexity index is 577. The zero-order valence-electron chi connectivity index (χ0n) is 10.3. The van der Waals surface area contributed by atoms with Crippen LogP contribution in [0.3, 0.4) is 0 Å². The van der Waals surface area contributed by atoms with Crippen molar-refractivity contribution < 1.29 is 9.90 Å². The third-order valence-corrected chi connectivity index (χ3v) is 3.31. The van der Waals surface area contributed by atoms with Crippen LogP contribution in [0.4, 0.5) is 0 Å². The van der Waals surface area contributed by atoms with E-state index < -0.39 is 12.0 Å². The van der Waals surface area contributed by atoms with E-state index in [9.17, 15) is 9.90 Å². The van der Waals surface area contributed by atoms with E-state index in [1.54, 1.807) is 0 Å². The summed E-state index contributed by atoms with van der Waals surface area (Å²) in [5.74, 6) is 0.119. The summed E-state index contributed by atoms with van der Waals surface area (Å²) in [6.45, 7) is 0. The molecule has 0 amide bonds. The molecule has 19 heavy (non-hydrogen) atoms. The number of tetrazole rings is 1. The minimum Gasteiger partial charge on any atom is -0.480 e. The van der Waals surface area contributed by atoms with Crippen LogP contribution < -0.4 is 0 Å². The number of carboxylic acid groups (broad SMARTS) is 1. The van der Waals surface area contributed by atoms with Crippen LogP contribution in [0.25, 0.3) is 0 Å². The summed E-state index contributed by atoms with van der Waals surface area (Å²) in [5, 5.41) is 20.9. The summed E-state index contributed by atoms with van der Waals surface area (Å²) < 4.78 is 1.47. The van der Waals surface area contributed by atoms with E-state index in [0.29, 0.717) is 18.2 Å². The van der Waals surface area contributed by atoms with Crippen LogP contribution >= 0.6 is 0 Å². The lowest BCUT2D eigenvalue weighted by Gasteiger charge is -2.13. The minimum absolute atomic E-state index is 0.327. The maximum atomic E-state index is 11.5. The molecule has 0 spiro atoms. The van der Waals surface area contributed by atoms with Gasteiger partial charge in [0.05, 0.1) is 0 Å². The van der Waals surface area contributed by atoms with Crippen molar-refractivity contribution >= 4 is 5.97 Å². The van der Waals surface area contributed by atoms with Gasteiger partial charge < -0.3 is 5.11 Å². The molecule has 1 aliphatic rings. The molecule has 1 atom stereocenters. The predicted octanol–water partition coefficient (Wildman–Crippen LogP) is 1.42. The first-order valence-corrected chi connectivity index (χ1v) is 6.30. The Hall–Kier alpha value is -2.24. The minimum atomic E-state index is -0.905. The Morgan fingerprint density at radius 3 is 2.74 bits per heavy atom. The van der Waals surface area contributed by atoms with Gasteiger partial charge in [-0.25, -0.2) is 9.48 Å². The van der Waals surface area contributed by atoms with Gasteiger partial charge in [-0.15, -0.1) is 5.10 Å². The molecule has 0 saturated heterocycles. The molecular formula is C13H14N4O2. The van der Waals surface area contributed by atoms with Crippen LogP contribution in [-0.4, -0.2) is 31.3 Å². The first kappa shape index (κ1) is 11.8. The summed E-state index contributed by atoms with van der Waals surface area (Å²) in [4.78, 5) is 11.5. The summed E-state index contributed by atoms with van der Waals surface area (Å²) in [6.07, 6.45) is 2.47. The summed E-state index contributed by atoms with van der Waals surface area (Å²) in [7, 11) is 0. The average Bonchev–Trinajstić information content (AvgIpc) is 3.15. The van der Waals surface area contributed by atoms with Gasteiger partial charge >= 0.3 is 5.97 Å². The number of aliphatic carboxylic acids is 1. The highest BCUT2D eigenvalue weighted by Crippen LogP contribution is 2.39. The lowest BCUT2D eigenvalue weighted by molar-refractivity contribution is -0.141. The molecule has 0 radical (unpaired) electrons. The first-order chi connectivity index (χ1) is 9.25. The summed E-state index contributed by atoms with van der Waals surface area (Å²) >= 11 is 0. The van der Waals surface area contributed by atoms with E-state index in [2.05, 4.69) is 15.5 Å². The molecule has 1 aromatic heterocycles. The lowest BCUT2D eigenvalue weighted by atomic mass is 10.1. The topological polar surface area (TPSA) is 80.9 Å². The third kappa shape index (κ3) is 2.47. The number of aromatic nitrogens is 4. The van der Waals surface area contributed by atoms with Crippen LogP contribution in [0.2, 0.25) is 0 Å². The van der Waals surface area contributed by atoms with Gasteiger partial charge in [0.25, 0.3) is 0 Å². The van der Waals surface area contributed by atoms with Crippen LogP contribution in [0.1, 0.15) is 36.2 Å². The number of carboxylic acids is 1. The third-order valence-electron chi connectivity index (χ3n) is 3.31. The average molecular weight is 258 g/mol. The smallest absolute Gasteiger partial charge is 0.328 e. The van der Waals surface area contributed by atoms with Crippen molar-refractivity contribution in [1.29, 1.82) is 0 Å². The highest BCUT2D eigenvalue weighted by molar-refractivity contribution is 5.72. The maximum Gasteiger partial charge on any atom is 0.328 e. The molecule has 1 fully saturated rings. The van der Waals surface area contributed by atoms with E-state index >= 15 is 0 Å². The van der Waals surface area contributed by atoms with Crippen LogP contribution in [0.15, 0.2) is 30.3 Å². The van der Waals surface area contributed by atoms with Crippen LogP contribution in [0.5, 0.6) is 0 Å². The fourth-order valence-electron chi connectivity index (χ4n) is 2.15. The van der Waals surface area contributed by atoms with E-state index in [-0.39, 0.29) is 0 Å². The second-order valence-corrected chi connectivity index (χ2v) is 4.80. The number of carbonyl (C=O) groups is 1. The fourth-order valence-corrected chi connectivity index (χ4v) is 2.15. The number of hydrogen-bond acceptors (Lipinski definition) is 4. The van der Waals surface area contributed by atoms with Crippen LogP contribution in [0, 0.1) is 0 Å². The molecule has 3 rings (SSSR count). The molecule has 1 heterocycles. The molecule has 98 valence electrons. The second-order valence-electron chi connectivity index (χ2n) is 4.80. The molecule has 1 aliphatic carbocycles. The van der Waals surface area contributed by atoms with Crippen molar-refractivity contribution in [3.8, 4) is 0 Å². The number of hydrogen-bond donors (Lipinski definition) is 1. The van der Waals surface area contributed by atoms with Gasteiger partial charge in [-0.3, -0.25) is 0 Å². The molecule has 1 unspecified atom stereocenters. The molecule has 2 aromatic rings. The van der Waals surface area contributed by atoms with Crippen LogP contribution in [-0.2, 0) is 11.2 Å². The first-order valence-electron chi connectivity index (χ1n) is 6.30. The predicted molar refractivity (Wildman–Crippen MR) is 66.6 cm³/mol. The lowest BCUT2D eigenvalue weighted by Crippen LogP contribution is -2.24. The van der Waals surface area contributed by atoms with Crippen molar-refractivity contribution in [1.82, 2.24) is 20.2 Å². The van der Waals surface area contributed by atoms with Gasteiger partial charge in [0.2, 0.25) is 0 Å². The van der Waals surface area contributed by atoms with Gasteiger partial charge in [0, 0.05) is 12.3 Å². The Labute approximate surface area is 110 Å². The quantitative estimate of drug-likeness (QED) is 0.877. The Kier molecular flexibility index (Phi) is 2.98. The molecular weight excluding hydrogens is 244 g/mol. The molecule has 0 bridgehead atoms. The summed E-state index contributed by atoms with van der Waals surface area (Å²) in [6, 6.07) is 8.79. The zero-order chi connectivity index (χ0) is 13.2. The largest absolute Gasteiger partial charge is 0.480 e. The zero-order valence-corrected chi connectivity index (χ0v) is 10.3. The summed E-state index contributed by atoms with van der Waals surface area (Å²) in [5.41, 5.74) is 0.965. The molecule has 1 N–H and O–H groups in total. The van der Waals surface area contributed by atoms with Crippen molar-refractivity contribution in [3.63, 3.8) is 0 Å². The van der Waals surface area contributed by atoms with Gasteiger partial charge in [-0.2, -0.15) is 0 Å². The Morgan fingerprint density at radius 2 is 2.11 bits per heavy atom. The van der Waals surface area contributed by atoms with Crippen molar-refractivity contribution in [2.45, 2.75) is 31.2 Å². The monoisotopic (exact) mass is 258 g/mol. The van der Waals surface area contributed by atoms with E-state index in [1.165, 1.54) is 4.68 Å². The van der Waals surface area contributed by atoms with Crippen molar-refractivity contribution in [3.05, 3.63) is 41.7 Å². The second kappa shape index (κ2) is 4.79. The fraction of sp³-hybridized carbons (Fsp3) is 0.385. The highest BCUT2D eigenvalue weighted by atomic mass is 16.4. The van der Waals surface area contributed by atoms with Gasteiger partial charge in [-0.05, 0) is 28.8 Å².